The maximum absolute atomic E-state index is 6.25. The second-order valence-electron chi connectivity index (χ2n) is 3.78. The fraction of sp³-hybridized carbons (Fsp3) is 0.167. The van der Waals surface area contributed by atoms with Gasteiger partial charge in [-0.3, -0.25) is 5.73 Å². The van der Waals surface area contributed by atoms with E-state index in [1.165, 1.54) is 0 Å². The highest BCUT2D eigenvalue weighted by Crippen LogP contribution is 2.32. The predicted molar refractivity (Wildman–Crippen MR) is 68.4 cm³/mol. The second kappa shape index (κ2) is 4.31. The molecule has 0 bridgehead atoms. The first-order valence-electron chi connectivity index (χ1n) is 5.11. The summed E-state index contributed by atoms with van der Waals surface area (Å²) in [5, 5.41) is 3.55. The summed E-state index contributed by atoms with van der Waals surface area (Å²) in [5.41, 5.74) is 12.4. The van der Waals surface area contributed by atoms with Crippen LogP contribution in [0.5, 0.6) is 5.75 Å². The molecule has 5 heteroatoms. The third-order valence-corrected chi connectivity index (χ3v) is 3.07. The van der Waals surface area contributed by atoms with Crippen LogP contribution in [0.15, 0.2) is 42.2 Å². The number of benzene rings is 1. The molecule has 4 nitrogen and oxygen atoms in total. The maximum atomic E-state index is 6.25. The monoisotopic (exact) mass is 251 g/mol. The topological polar surface area (TPSA) is 73.3 Å². The Morgan fingerprint density at radius 1 is 1.41 bits per heavy atom. The summed E-state index contributed by atoms with van der Waals surface area (Å²) >= 11 is 6.16. The zero-order chi connectivity index (χ0) is 12.5. The van der Waals surface area contributed by atoms with Gasteiger partial charge in [0, 0.05) is 10.6 Å². The Morgan fingerprint density at radius 2 is 2.18 bits per heavy atom. The quantitative estimate of drug-likeness (QED) is 0.743. The van der Waals surface area contributed by atoms with Gasteiger partial charge in [0.2, 0.25) is 0 Å². The number of nitrogens with two attached hydrogens (primary N) is 2. The molecule has 1 heterocycles. The van der Waals surface area contributed by atoms with E-state index in [0.717, 1.165) is 0 Å². The average Bonchev–Trinajstić information content (AvgIpc) is 2.33. The van der Waals surface area contributed by atoms with Crippen LogP contribution in [0.1, 0.15) is 5.56 Å². The maximum Gasteiger partial charge on any atom is 0.154 e. The normalized spacial score (nSPS) is 22.9. The molecule has 1 aromatic rings. The zero-order valence-corrected chi connectivity index (χ0v) is 10.2. The molecule has 5 N–H and O–H groups in total. The lowest BCUT2D eigenvalue weighted by atomic mass is 9.94. The molecular weight excluding hydrogens is 238 g/mol. The number of ether oxygens (including phenoxy) is 1. The van der Waals surface area contributed by atoms with E-state index in [1.807, 2.05) is 0 Å². The molecule has 0 fully saturated rings. The molecule has 0 radical (unpaired) electrons. The van der Waals surface area contributed by atoms with Crippen molar-refractivity contribution in [3.05, 3.63) is 52.8 Å². The first kappa shape index (κ1) is 11.8. The van der Waals surface area contributed by atoms with E-state index < -0.39 is 5.66 Å². The number of halogens is 1. The minimum Gasteiger partial charge on any atom is -0.497 e. The molecule has 0 aromatic heterocycles. The van der Waals surface area contributed by atoms with Crippen molar-refractivity contribution in [3.63, 3.8) is 0 Å². The summed E-state index contributed by atoms with van der Waals surface area (Å²) < 4.78 is 5.16. The van der Waals surface area contributed by atoms with Gasteiger partial charge in [-0.2, -0.15) is 0 Å². The number of hydrogen-bond donors (Lipinski definition) is 3. The minimum absolute atomic E-state index is 0.496. The van der Waals surface area contributed by atoms with Crippen molar-refractivity contribution in [2.45, 2.75) is 5.66 Å². The van der Waals surface area contributed by atoms with Gasteiger partial charge in [0.05, 0.1) is 12.8 Å². The fourth-order valence-electron chi connectivity index (χ4n) is 1.71. The number of allylic oxidation sites excluding steroid dienone is 2. The highest BCUT2D eigenvalue weighted by molar-refractivity contribution is 6.31. The minimum atomic E-state index is -1.000. The first-order valence-corrected chi connectivity index (χ1v) is 5.49. The highest BCUT2D eigenvalue weighted by Gasteiger charge is 2.32. The molecule has 1 aliphatic heterocycles. The molecule has 0 amide bonds. The number of methoxy groups -OCH3 is 1. The van der Waals surface area contributed by atoms with Gasteiger partial charge in [0.25, 0.3) is 0 Å². The molecule has 1 atom stereocenters. The largest absolute Gasteiger partial charge is 0.497 e. The van der Waals surface area contributed by atoms with Crippen LogP contribution < -0.4 is 21.5 Å². The fourth-order valence-corrected chi connectivity index (χ4v) is 1.98. The van der Waals surface area contributed by atoms with Crippen LogP contribution in [0.4, 0.5) is 0 Å². The van der Waals surface area contributed by atoms with Gasteiger partial charge < -0.3 is 15.8 Å². The van der Waals surface area contributed by atoms with Gasteiger partial charge in [-0.05, 0) is 36.6 Å². The Labute approximate surface area is 105 Å². The lowest BCUT2D eigenvalue weighted by Gasteiger charge is -2.33. The molecule has 0 saturated carbocycles. The van der Waals surface area contributed by atoms with Crippen LogP contribution >= 0.6 is 11.6 Å². The summed E-state index contributed by atoms with van der Waals surface area (Å²) in [6.45, 7) is 0. The van der Waals surface area contributed by atoms with E-state index in [9.17, 15) is 0 Å². The molecule has 0 saturated heterocycles. The Bertz CT molecular complexity index is 499. The van der Waals surface area contributed by atoms with E-state index in [0.29, 0.717) is 22.0 Å². The van der Waals surface area contributed by atoms with Crippen molar-refractivity contribution in [2.24, 2.45) is 11.5 Å². The van der Waals surface area contributed by atoms with Gasteiger partial charge in [0.15, 0.2) is 5.66 Å². The van der Waals surface area contributed by atoms with E-state index in [2.05, 4.69) is 5.32 Å². The van der Waals surface area contributed by atoms with Gasteiger partial charge in [-0.25, -0.2) is 0 Å². The smallest absolute Gasteiger partial charge is 0.154 e. The highest BCUT2D eigenvalue weighted by atomic mass is 35.5. The Hall–Kier alpha value is -1.65. The third-order valence-electron chi connectivity index (χ3n) is 2.74. The van der Waals surface area contributed by atoms with Crippen LogP contribution in [-0.2, 0) is 5.66 Å². The van der Waals surface area contributed by atoms with Crippen molar-refractivity contribution in [1.82, 2.24) is 5.32 Å². The van der Waals surface area contributed by atoms with E-state index in [4.69, 9.17) is 27.8 Å². The molecule has 17 heavy (non-hydrogen) atoms. The number of hydrogen-bond acceptors (Lipinski definition) is 4. The molecule has 1 aliphatic rings. The molecule has 0 aliphatic carbocycles. The second-order valence-corrected chi connectivity index (χ2v) is 4.19. The summed E-state index contributed by atoms with van der Waals surface area (Å²) in [6.07, 6.45) is 5.26. The van der Waals surface area contributed by atoms with Crippen molar-refractivity contribution < 1.29 is 4.74 Å². The molecule has 1 unspecified atom stereocenters. The van der Waals surface area contributed by atoms with Crippen molar-refractivity contribution >= 4 is 11.6 Å². The Kier molecular flexibility index (Phi) is 3.00. The van der Waals surface area contributed by atoms with Crippen LogP contribution in [-0.4, -0.2) is 7.11 Å². The lowest BCUT2D eigenvalue weighted by molar-refractivity contribution is 0.408. The van der Waals surface area contributed by atoms with Gasteiger partial charge in [0.1, 0.15) is 5.75 Å². The number of nitrogens with one attached hydrogen (secondary N) is 1. The van der Waals surface area contributed by atoms with Crippen molar-refractivity contribution in [1.29, 1.82) is 0 Å². The van der Waals surface area contributed by atoms with Gasteiger partial charge in [-0.15, -0.1) is 0 Å². The summed E-state index contributed by atoms with van der Waals surface area (Å²) in [7, 11) is 1.59. The third kappa shape index (κ3) is 1.97. The van der Waals surface area contributed by atoms with E-state index >= 15 is 0 Å². The molecular formula is C12H14ClN3O. The van der Waals surface area contributed by atoms with Crippen molar-refractivity contribution in [2.75, 3.05) is 7.11 Å². The SMILES string of the molecule is COc1ccc(Cl)c(C2(N)NC=CC=C2N)c1. The van der Waals surface area contributed by atoms with E-state index in [1.54, 1.807) is 43.7 Å². The van der Waals surface area contributed by atoms with Crippen LogP contribution in [0.2, 0.25) is 5.02 Å². The Morgan fingerprint density at radius 3 is 2.82 bits per heavy atom. The number of rotatable bonds is 2. The molecule has 2 rings (SSSR count). The van der Waals surface area contributed by atoms with Crippen LogP contribution in [0, 0.1) is 0 Å². The molecule has 0 spiro atoms. The van der Waals surface area contributed by atoms with Crippen LogP contribution in [0.25, 0.3) is 0 Å². The van der Waals surface area contributed by atoms with Gasteiger partial charge >= 0.3 is 0 Å². The standard InChI is InChI=1S/C12H14ClN3O/c1-17-8-4-5-10(13)9(7-8)12(15)11(14)3-2-6-16-12/h2-7,16H,14-15H2,1H3. The molecule has 1 aromatic carbocycles. The van der Waals surface area contributed by atoms with Crippen molar-refractivity contribution in [3.8, 4) is 5.75 Å². The molecule has 90 valence electrons. The predicted octanol–water partition coefficient (Wildman–Crippen LogP) is 1.42. The lowest BCUT2D eigenvalue weighted by Crippen LogP contribution is -2.53. The van der Waals surface area contributed by atoms with Crippen LogP contribution in [0.3, 0.4) is 0 Å². The zero-order valence-electron chi connectivity index (χ0n) is 9.41. The van der Waals surface area contributed by atoms with E-state index in [-0.39, 0.29) is 0 Å². The summed E-state index contributed by atoms with van der Waals surface area (Å²) in [4.78, 5) is 0. The summed E-state index contributed by atoms with van der Waals surface area (Å²) in [5.74, 6) is 0.679. The first-order chi connectivity index (χ1) is 8.08. The average molecular weight is 252 g/mol. The Balaban J connectivity index is 2.52. The van der Waals surface area contributed by atoms with Gasteiger partial charge in [-0.1, -0.05) is 11.6 Å². The summed E-state index contributed by atoms with van der Waals surface area (Å²) in [6, 6.07) is 5.28. The number of dihydropyridines is 1.